The van der Waals surface area contributed by atoms with Gasteiger partial charge in [0.15, 0.2) is 0 Å². The van der Waals surface area contributed by atoms with Crippen molar-refractivity contribution in [2.75, 3.05) is 0 Å². The maximum atomic E-state index is 10.7. The summed E-state index contributed by atoms with van der Waals surface area (Å²) in [5.74, 6) is 2.67. The topological polar surface area (TPSA) is 23.5 Å². The molecule has 1 aromatic carbocycles. The fourth-order valence-corrected chi connectivity index (χ4v) is 3.98. The Kier molecular flexibility index (Phi) is 3.83. The van der Waals surface area contributed by atoms with E-state index >= 15 is 0 Å². The van der Waals surface area contributed by atoms with Gasteiger partial charge in [0.1, 0.15) is 0 Å². The van der Waals surface area contributed by atoms with Crippen molar-refractivity contribution in [3.8, 4) is 12.3 Å². The van der Waals surface area contributed by atoms with Crippen LogP contribution < -0.4 is 0 Å². The summed E-state index contributed by atoms with van der Waals surface area (Å²) in [4.78, 5) is 2.60. The lowest BCUT2D eigenvalue weighted by Crippen LogP contribution is -2.50. The van der Waals surface area contributed by atoms with Crippen molar-refractivity contribution < 1.29 is 5.11 Å². The minimum atomic E-state index is -0.522. The van der Waals surface area contributed by atoms with E-state index in [4.69, 9.17) is 6.42 Å². The Labute approximate surface area is 121 Å². The number of terminal acetylenes is 1. The molecule has 2 atom stereocenters. The Bertz CT molecular complexity index is 476. The highest BCUT2D eigenvalue weighted by Crippen LogP contribution is 2.43. The van der Waals surface area contributed by atoms with Gasteiger partial charge in [0.05, 0.1) is 5.60 Å². The fraction of sp³-hybridized carbons (Fsp3) is 0.556. The summed E-state index contributed by atoms with van der Waals surface area (Å²) in [5, 5.41) is 10.7. The second-order valence-corrected chi connectivity index (χ2v) is 6.38. The largest absolute Gasteiger partial charge is 0.390 e. The average molecular weight is 269 g/mol. The molecule has 2 heterocycles. The number of hydrogen-bond acceptors (Lipinski definition) is 2. The van der Waals surface area contributed by atoms with Crippen molar-refractivity contribution in [1.29, 1.82) is 0 Å². The van der Waals surface area contributed by atoms with Crippen molar-refractivity contribution in [3.05, 3.63) is 35.9 Å². The van der Waals surface area contributed by atoms with Gasteiger partial charge in [0.2, 0.25) is 0 Å². The molecule has 106 valence electrons. The zero-order valence-electron chi connectivity index (χ0n) is 12.0. The van der Waals surface area contributed by atoms with Gasteiger partial charge in [-0.2, -0.15) is 0 Å². The van der Waals surface area contributed by atoms with Crippen molar-refractivity contribution in [1.82, 2.24) is 4.90 Å². The molecule has 2 unspecified atom stereocenters. The van der Waals surface area contributed by atoms with Crippen molar-refractivity contribution >= 4 is 0 Å². The molecular weight excluding hydrogens is 246 g/mol. The highest BCUT2D eigenvalue weighted by atomic mass is 16.3. The SMILES string of the molecule is C#CCCC1(O)CC2CCC(C1)N2Cc1ccccc1. The molecule has 2 saturated heterocycles. The maximum absolute atomic E-state index is 10.7. The molecule has 0 radical (unpaired) electrons. The molecule has 2 nitrogen and oxygen atoms in total. The van der Waals surface area contributed by atoms with Gasteiger partial charge in [-0.3, -0.25) is 4.90 Å². The second-order valence-electron chi connectivity index (χ2n) is 6.38. The molecule has 0 spiro atoms. The Hall–Kier alpha value is -1.30. The number of rotatable bonds is 4. The zero-order chi connectivity index (χ0) is 14.0. The third kappa shape index (κ3) is 2.75. The van der Waals surface area contributed by atoms with Crippen LogP contribution in [0.25, 0.3) is 0 Å². The molecule has 0 aliphatic carbocycles. The first-order chi connectivity index (χ1) is 9.70. The first-order valence-electron chi connectivity index (χ1n) is 7.66. The van der Waals surface area contributed by atoms with Gasteiger partial charge in [0, 0.05) is 25.0 Å². The molecule has 2 fully saturated rings. The standard InChI is InChI=1S/C18H23NO/c1-2-3-11-18(20)12-16-9-10-17(13-18)19(16)14-15-7-5-4-6-8-15/h1,4-8,16-17,20H,3,9-14H2. The molecule has 2 bridgehead atoms. The molecule has 0 saturated carbocycles. The van der Waals surface area contributed by atoms with Crippen LogP contribution in [-0.4, -0.2) is 27.7 Å². The van der Waals surface area contributed by atoms with Crippen LogP contribution in [0.5, 0.6) is 0 Å². The second kappa shape index (κ2) is 5.60. The summed E-state index contributed by atoms with van der Waals surface area (Å²) < 4.78 is 0. The van der Waals surface area contributed by atoms with E-state index in [1.54, 1.807) is 0 Å². The van der Waals surface area contributed by atoms with Gasteiger partial charge in [-0.05, 0) is 37.7 Å². The summed E-state index contributed by atoms with van der Waals surface area (Å²) in [5.41, 5.74) is 0.851. The van der Waals surface area contributed by atoms with Gasteiger partial charge in [-0.25, -0.2) is 0 Å². The van der Waals surface area contributed by atoms with Crippen LogP contribution in [-0.2, 0) is 6.54 Å². The van der Waals surface area contributed by atoms with Gasteiger partial charge in [0.25, 0.3) is 0 Å². The van der Waals surface area contributed by atoms with Gasteiger partial charge in [-0.15, -0.1) is 12.3 Å². The van der Waals surface area contributed by atoms with Gasteiger partial charge >= 0.3 is 0 Å². The molecule has 2 heteroatoms. The Morgan fingerprint density at radius 2 is 1.85 bits per heavy atom. The van der Waals surface area contributed by atoms with Crippen LogP contribution in [0.2, 0.25) is 0 Å². The zero-order valence-corrected chi connectivity index (χ0v) is 12.0. The molecule has 2 aliphatic rings. The first kappa shape index (κ1) is 13.7. The van der Waals surface area contributed by atoms with E-state index in [1.165, 1.54) is 18.4 Å². The average Bonchev–Trinajstić information content (AvgIpc) is 2.71. The molecular formula is C18H23NO. The normalized spacial score (nSPS) is 33.0. The highest BCUT2D eigenvalue weighted by Gasteiger charge is 2.46. The van der Waals surface area contributed by atoms with Crippen LogP contribution in [0.3, 0.4) is 0 Å². The monoisotopic (exact) mass is 269 g/mol. The summed E-state index contributed by atoms with van der Waals surface area (Å²) >= 11 is 0. The molecule has 1 N–H and O–H groups in total. The van der Waals surface area contributed by atoms with Crippen molar-refractivity contribution in [3.63, 3.8) is 0 Å². The molecule has 20 heavy (non-hydrogen) atoms. The molecule has 0 aromatic heterocycles. The van der Waals surface area contributed by atoms with E-state index < -0.39 is 5.60 Å². The van der Waals surface area contributed by atoms with Crippen LogP contribution in [0.1, 0.15) is 44.1 Å². The number of benzene rings is 1. The van der Waals surface area contributed by atoms with E-state index in [0.717, 1.165) is 25.8 Å². The summed E-state index contributed by atoms with van der Waals surface area (Å²) in [6.07, 6.45) is 11.0. The van der Waals surface area contributed by atoms with Gasteiger partial charge < -0.3 is 5.11 Å². The number of nitrogens with zero attached hydrogens (tertiary/aromatic N) is 1. The number of fused-ring (bicyclic) bond motifs is 2. The lowest BCUT2D eigenvalue weighted by molar-refractivity contribution is -0.0588. The minimum Gasteiger partial charge on any atom is -0.390 e. The number of piperidine rings is 1. The van der Waals surface area contributed by atoms with Gasteiger partial charge in [-0.1, -0.05) is 30.3 Å². The third-order valence-corrected chi connectivity index (χ3v) is 4.94. The Morgan fingerprint density at radius 1 is 1.20 bits per heavy atom. The van der Waals surface area contributed by atoms with Crippen LogP contribution in [0.15, 0.2) is 30.3 Å². The summed E-state index contributed by atoms with van der Waals surface area (Å²) in [6.45, 7) is 1.02. The summed E-state index contributed by atoms with van der Waals surface area (Å²) in [6, 6.07) is 11.7. The number of hydrogen-bond donors (Lipinski definition) is 1. The summed E-state index contributed by atoms with van der Waals surface area (Å²) in [7, 11) is 0. The van der Waals surface area contributed by atoms with E-state index in [-0.39, 0.29) is 0 Å². The Balaban J connectivity index is 1.68. The smallest absolute Gasteiger partial charge is 0.0686 e. The van der Waals surface area contributed by atoms with E-state index in [2.05, 4.69) is 41.2 Å². The molecule has 1 aromatic rings. The highest BCUT2D eigenvalue weighted by molar-refractivity contribution is 5.16. The number of aliphatic hydroxyl groups is 1. The predicted octanol–water partition coefficient (Wildman–Crippen LogP) is 2.96. The van der Waals surface area contributed by atoms with Crippen molar-refractivity contribution in [2.24, 2.45) is 0 Å². The Morgan fingerprint density at radius 3 is 2.45 bits per heavy atom. The van der Waals surface area contributed by atoms with E-state index in [0.29, 0.717) is 18.5 Å². The lowest BCUT2D eigenvalue weighted by Gasteiger charge is -2.44. The van der Waals surface area contributed by atoms with Crippen LogP contribution in [0.4, 0.5) is 0 Å². The van der Waals surface area contributed by atoms with E-state index in [9.17, 15) is 5.11 Å². The predicted molar refractivity (Wildman–Crippen MR) is 81.0 cm³/mol. The van der Waals surface area contributed by atoms with Crippen LogP contribution >= 0.6 is 0 Å². The quantitative estimate of drug-likeness (QED) is 0.850. The molecule has 0 amide bonds. The fourth-order valence-electron chi connectivity index (χ4n) is 3.98. The molecule has 2 aliphatic heterocycles. The first-order valence-corrected chi connectivity index (χ1v) is 7.66. The minimum absolute atomic E-state index is 0.522. The van der Waals surface area contributed by atoms with E-state index in [1.807, 2.05) is 0 Å². The molecule has 3 rings (SSSR count). The van der Waals surface area contributed by atoms with Crippen molar-refractivity contribution in [2.45, 2.75) is 62.8 Å². The lowest BCUT2D eigenvalue weighted by atomic mass is 9.82. The van der Waals surface area contributed by atoms with Crippen LogP contribution in [0, 0.1) is 12.3 Å². The third-order valence-electron chi connectivity index (χ3n) is 4.94. The maximum Gasteiger partial charge on any atom is 0.0686 e.